The lowest BCUT2D eigenvalue weighted by Gasteiger charge is -2.19. The first-order chi connectivity index (χ1) is 7.76. The van der Waals surface area contributed by atoms with Crippen molar-refractivity contribution in [3.8, 4) is 0 Å². The number of hydrogen-bond acceptors (Lipinski definition) is 4. The van der Waals surface area contributed by atoms with Crippen LogP contribution in [0.1, 0.15) is 16.2 Å². The number of aliphatic hydroxyl groups excluding tert-OH is 1. The lowest BCUT2D eigenvalue weighted by Crippen LogP contribution is -2.30. The Balaban J connectivity index is 2.20. The zero-order valence-electron chi connectivity index (χ0n) is 9.78. The Morgan fingerprint density at radius 3 is 2.94 bits per heavy atom. The van der Waals surface area contributed by atoms with Crippen molar-refractivity contribution in [3.05, 3.63) is 34.7 Å². The first kappa shape index (κ1) is 13.2. The molecule has 0 amide bonds. The van der Waals surface area contributed by atoms with Crippen LogP contribution >= 0.6 is 11.3 Å². The number of nitrogens with zero attached hydrogens (tertiary/aromatic N) is 1. The first-order valence-corrected chi connectivity index (χ1v) is 6.31. The van der Waals surface area contributed by atoms with Gasteiger partial charge in [-0.3, -0.25) is 5.32 Å². The minimum atomic E-state index is 0.231. The molecule has 0 aliphatic heterocycles. The molecule has 0 unspecified atom stereocenters. The van der Waals surface area contributed by atoms with Crippen LogP contribution in [0.4, 0.5) is 0 Å². The van der Waals surface area contributed by atoms with Gasteiger partial charge in [0.25, 0.3) is 0 Å². The molecule has 1 rings (SSSR count). The van der Waals surface area contributed by atoms with Crippen molar-refractivity contribution in [1.29, 1.82) is 0 Å². The van der Waals surface area contributed by atoms with Gasteiger partial charge in [0, 0.05) is 29.5 Å². The van der Waals surface area contributed by atoms with Gasteiger partial charge in [0.2, 0.25) is 0 Å². The molecular weight excluding hydrogens is 220 g/mol. The second-order valence-electron chi connectivity index (χ2n) is 3.67. The summed E-state index contributed by atoms with van der Waals surface area (Å²) >= 11 is 1.82. The molecule has 0 aliphatic carbocycles. The second-order valence-corrected chi connectivity index (χ2v) is 5.04. The summed E-state index contributed by atoms with van der Waals surface area (Å²) < 4.78 is 0. The van der Waals surface area contributed by atoms with E-state index in [4.69, 9.17) is 5.11 Å². The molecule has 1 aromatic rings. The molecule has 16 heavy (non-hydrogen) atoms. The molecule has 1 aromatic heterocycles. The third kappa shape index (κ3) is 4.79. The fourth-order valence-corrected chi connectivity index (χ4v) is 2.27. The van der Waals surface area contributed by atoms with Gasteiger partial charge in [-0.15, -0.1) is 11.3 Å². The largest absolute Gasteiger partial charge is 0.396 e. The summed E-state index contributed by atoms with van der Waals surface area (Å²) in [5, 5.41) is 12.1. The number of thiophene rings is 1. The molecule has 4 heteroatoms. The molecule has 0 radical (unpaired) electrons. The van der Waals surface area contributed by atoms with E-state index in [0.717, 1.165) is 26.2 Å². The van der Waals surface area contributed by atoms with E-state index < -0.39 is 0 Å². The highest BCUT2D eigenvalue weighted by Crippen LogP contribution is 2.14. The van der Waals surface area contributed by atoms with Gasteiger partial charge in [-0.25, -0.2) is 0 Å². The zero-order chi connectivity index (χ0) is 11.8. The minimum absolute atomic E-state index is 0.231. The van der Waals surface area contributed by atoms with E-state index >= 15 is 0 Å². The summed E-state index contributed by atoms with van der Waals surface area (Å²) in [6.45, 7) is 8.61. The Bertz CT molecular complexity index is 312. The van der Waals surface area contributed by atoms with Crippen LogP contribution in [-0.4, -0.2) is 29.8 Å². The number of rotatable bonds is 8. The molecule has 0 atom stereocenters. The van der Waals surface area contributed by atoms with Crippen LogP contribution in [-0.2, 0) is 6.54 Å². The molecule has 0 bridgehead atoms. The average molecular weight is 240 g/mol. The Morgan fingerprint density at radius 1 is 1.56 bits per heavy atom. The zero-order valence-corrected chi connectivity index (χ0v) is 10.6. The van der Waals surface area contributed by atoms with Gasteiger partial charge in [0.15, 0.2) is 0 Å². The van der Waals surface area contributed by atoms with Gasteiger partial charge in [-0.1, -0.05) is 6.58 Å². The topological polar surface area (TPSA) is 35.5 Å². The van der Waals surface area contributed by atoms with Crippen molar-refractivity contribution in [3.63, 3.8) is 0 Å². The molecule has 1 heterocycles. The van der Waals surface area contributed by atoms with Crippen molar-refractivity contribution in [2.24, 2.45) is 0 Å². The van der Waals surface area contributed by atoms with Gasteiger partial charge in [-0.05, 0) is 31.7 Å². The van der Waals surface area contributed by atoms with Crippen molar-refractivity contribution in [2.75, 3.05) is 19.8 Å². The monoisotopic (exact) mass is 240 g/mol. The molecule has 0 saturated heterocycles. The Kier molecular flexibility index (Phi) is 6.15. The quantitative estimate of drug-likeness (QED) is 0.682. The summed E-state index contributed by atoms with van der Waals surface area (Å²) in [7, 11) is 0. The molecule has 0 spiro atoms. The van der Waals surface area contributed by atoms with Crippen molar-refractivity contribution in [1.82, 2.24) is 10.2 Å². The van der Waals surface area contributed by atoms with E-state index in [1.807, 2.05) is 17.5 Å². The van der Waals surface area contributed by atoms with Crippen LogP contribution in [0.25, 0.3) is 0 Å². The maximum atomic E-state index is 8.74. The maximum absolute atomic E-state index is 8.74. The summed E-state index contributed by atoms with van der Waals surface area (Å²) in [6.07, 6.45) is 2.59. The molecule has 0 fully saturated rings. The van der Waals surface area contributed by atoms with Crippen LogP contribution in [0.15, 0.2) is 24.9 Å². The third-order valence-corrected chi connectivity index (χ3v) is 3.27. The maximum Gasteiger partial charge on any atom is 0.0679 e. The van der Waals surface area contributed by atoms with Crippen molar-refractivity contribution in [2.45, 2.75) is 19.9 Å². The van der Waals surface area contributed by atoms with Crippen LogP contribution in [0.5, 0.6) is 0 Å². The van der Waals surface area contributed by atoms with Crippen molar-refractivity contribution < 1.29 is 5.11 Å². The molecule has 90 valence electrons. The molecule has 3 nitrogen and oxygen atoms in total. The molecule has 0 aromatic carbocycles. The van der Waals surface area contributed by atoms with Gasteiger partial charge < -0.3 is 10.0 Å². The van der Waals surface area contributed by atoms with Gasteiger partial charge in [-0.2, -0.15) is 0 Å². The van der Waals surface area contributed by atoms with Crippen LogP contribution in [0.2, 0.25) is 0 Å². The minimum Gasteiger partial charge on any atom is -0.396 e. The number of aryl methyl sites for hydroxylation is 1. The van der Waals surface area contributed by atoms with E-state index in [9.17, 15) is 0 Å². The van der Waals surface area contributed by atoms with E-state index in [2.05, 4.69) is 35.9 Å². The number of hydrogen-bond donors (Lipinski definition) is 2. The summed E-state index contributed by atoms with van der Waals surface area (Å²) in [5.74, 6) is 0. The average Bonchev–Trinajstić information content (AvgIpc) is 2.69. The fourth-order valence-electron chi connectivity index (χ4n) is 1.41. The SMILES string of the molecule is C=CN(CCCO)CNCc1ccc(C)s1. The van der Waals surface area contributed by atoms with Gasteiger partial charge >= 0.3 is 0 Å². The van der Waals surface area contributed by atoms with Crippen molar-refractivity contribution >= 4 is 11.3 Å². The smallest absolute Gasteiger partial charge is 0.0679 e. The summed E-state index contributed by atoms with van der Waals surface area (Å²) in [5.41, 5.74) is 0. The van der Waals surface area contributed by atoms with E-state index in [1.165, 1.54) is 9.75 Å². The Morgan fingerprint density at radius 2 is 2.38 bits per heavy atom. The molecular formula is C12H20N2OS. The van der Waals surface area contributed by atoms with Crippen LogP contribution in [0, 0.1) is 6.92 Å². The lowest BCUT2D eigenvalue weighted by atomic mass is 10.4. The third-order valence-electron chi connectivity index (χ3n) is 2.27. The summed E-state index contributed by atoms with van der Waals surface area (Å²) in [4.78, 5) is 4.76. The highest BCUT2D eigenvalue weighted by Gasteiger charge is 1.99. The molecule has 0 saturated carbocycles. The summed E-state index contributed by atoms with van der Waals surface area (Å²) in [6, 6.07) is 4.29. The Labute approximate surface area is 101 Å². The molecule has 0 aliphatic rings. The van der Waals surface area contributed by atoms with E-state index in [-0.39, 0.29) is 6.61 Å². The van der Waals surface area contributed by atoms with Gasteiger partial charge in [0.05, 0.1) is 6.67 Å². The Hall–Kier alpha value is -0.840. The fraction of sp³-hybridized carbons (Fsp3) is 0.500. The molecule has 2 N–H and O–H groups in total. The standard InChI is InChI=1S/C12H20N2OS/c1-3-14(7-4-8-15)10-13-9-12-6-5-11(2)16-12/h3,5-6,13,15H,1,4,7-10H2,2H3. The highest BCUT2D eigenvalue weighted by atomic mass is 32.1. The lowest BCUT2D eigenvalue weighted by molar-refractivity contribution is 0.252. The van der Waals surface area contributed by atoms with Gasteiger partial charge in [0.1, 0.15) is 0 Å². The first-order valence-electron chi connectivity index (χ1n) is 5.49. The highest BCUT2D eigenvalue weighted by molar-refractivity contribution is 7.11. The number of nitrogens with one attached hydrogen (secondary N) is 1. The second kappa shape index (κ2) is 7.44. The predicted molar refractivity (Wildman–Crippen MR) is 69.4 cm³/mol. The normalized spacial score (nSPS) is 10.4. The van der Waals surface area contributed by atoms with E-state index in [1.54, 1.807) is 0 Å². The van der Waals surface area contributed by atoms with Crippen LogP contribution in [0.3, 0.4) is 0 Å². The van der Waals surface area contributed by atoms with E-state index in [0.29, 0.717) is 0 Å². The predicted octanol–water partition coefficient (Wildman–Crippen LogP) is 1.93. The van der Waals surface area contributed by atoms with Crippen LogP contribution < -0.4 is 5.32 Å². The number of aliphatic hydroxyl groups is 1.